The number of methoxy groups -OCH3 is 4. The van der Waals surface area contributed by atoms with Crippen LogP contribution in [0.3, 0.4) is 0 Å². The maximum absolute atomic E-state index is 7.17. The molecule has 0 fully saturated rings. The van der Waals surface area contributed by atoms with E-state index in [1.165, 1.54) is 0 Å². The summed E-state index contributed by atoms with van der Waals surface area (Å²) < 4.78 is 36.5. The van der Waals surface area contributed by atoms with Crippen LogP contribution in [0.25, 0.3) is 0 Å². The summed E-state index contributed by atoms with van der Waals surface area (Å²) >= 11 is 0. The standard InChI is InChI=1S/C43H50N2O6.2BrH.Ni/c1-28(2)25-38-42(30-9-17-34(46-5)18-10-30,31-11-19-35(47-6)20-12-31)50-40(44-38)27-41-45-39(26-29(3)4)43(51-41,32-13-21-36(48-7)22-14-32)33-15-23-37(49-8)24-16-33;;;/h9-24,28-29,38-39H,25-27H2,1-8H3;2*1H;/q;;;+2/p-2/t38-,39-;;;/m1.../s1. The Hall–Kier alpha value is -3.53. The van der Waals surface area contributed by atoms with E-state index in [0.29, 0.717) is 30.1 Å². The quantitative estimate of drug-likeness (QED) is 0.181. The normalized spacial score (nSPS) is 17.8. The van der Waals surface area contributed by atoms with Crippen molar-refractivity contribution in [1.29, 1.82) is 0 Å². The molecule has 54 heavy (non-hydrogen) atoms. The maximum Gasteiger partial charge on any atom is 2.00 e. The third-order valence-corrected chi connectivity index (χ3v) is 9.86. The van der Waals surface area contributed by atoms with Gasteiger partial charge < -0.3 is 62.4 Å². The molecule has 0 spiro atoms. The molecule has 0 saturated heterocycles. The molecule has 0 N–H and O–H groups in total. The van der Waals surface area contributed by atoms with E-state index in [1.807, 2.05) is 48.5 Å². The summed E-state index contributed by atoms with van der Waals surface area (Å²) in [5.74, 6) is 5.03. The van der Waals surface area contributed by atoms with Crippen molar-refractivity contribution in [3.8, 4) is 23.0 Å². The van der Waals surface area contributed by atoms with Crippen molar-refractivity contribution in [2.75, 3.05) is 28.4 Å². The van der Waals surface area contributed by atoms with Crippen LogP contribution in [0.15, 0.2) is 107 Å². The fourth-order valence-electron chi connectivity index (χ4n) is 7.41. The first kappa shape index (κ1) is 44.9. The van der Waals surface area contributed by atoms with Crippen molar-refractivity contribution in [1.82, 2.24) is 0 Å². The van der Waals surface area contributed by atoms with E-state index in [-0.39, 0.29) is 62.5 Å². The van der Waals surface area contributed by atoms with E-state index in [2.05, 4.69) is 76.2 Å². The molecule has 0 unspecified atom stereocenters. The third kappa shape index (κ3) is 8.95. The first-order valence-electron chi connectivity index (χ1n) is 17.7. The van der Waals surface area contributed by atoms with Gasteiger partial charge in [-0.1, -0.05) is 76.2 Å². The van der Waals surface area contributed by atoms with Gasteiger partial charge in [-0.05, 0) is 73.2 Å². The van der Waals surface area contributed by atoms with Crippen LogP contribution in [-0.4, -0.2) is 52.3 Å². The van der Waals surface area contributed by atoms with E-state index in [0.717, 1.165) is 58.1 Å². The number of nitrogens with zero attached hydrogens (tertiary/aromatic N) is 2. The fraction of sp³-hybridized carbons (Fsp3) is 0.395. The first-order chi connectivity index (χ1) is 24.6. The smallest absolute Gasteiger partial charge is 1.00 e. The van der Waals surface area contributed by atoms with Crippen molar-refractivity contribution >= 4 is 11.8 Å². The largest absolute Gasteiger partial charge is 2.00 e. The van der Waals surface area contributed by atoms with E-state index in [1.54, 1.807) is 28.4 Å². The molecule has 0 saturated carbocycles. The number of hydrogen-bond acceptors (Lipinski definition) is 8. The van der Waals surface area contributed by atoms with Crippen LogP contribution >= 0.6 is 0 Å². The van der Waals surface area contributed by atoms with E-state index >= 15 is 0 Å². The molecule has 0 bridgehead atoms. The van der Waals surface area contributed by atoms with Crippen LogP contribution in [0.4, 0.5) is 0 Å². The van der Waals surface area contributed by atoms with Gasteiger partial charge in [-0.2, -0.15) is 0 Å². The van der Waals surface area contributed by atoms with E-state index in [9.17, 15) is 0 Å². The zero-order chi connectivity index (χ0) is 36.2. The Bertz CT molecular complexity index is 1600. The molecule has 2 heterocycles. The molecule has 0 aliphatic carbocycles. The van der Waals surface area contributed by atoms with Crippen molar-refractivity contribution in [3.05, 3.63) is 119 Å². The SMILES string of the molecule is COc1ccc(C2(c3ccc(OC)cc3)OC(CC3=N[C@H](CC(C)C)C(c4ccc(OC)cc4)(c4ccc(OC)cc4)O3)=N[C@@H]2CC(C)C)cc1.[Br-].[Br-].[Ni+2]. The Labute approximate surface area is 351 Å². The van der Waals surface area contributed by atoms with Crippen LogP contribution in [0.5, 0.6) is 23.0 Å². The minimum Gasteiger partial charge on any atom is -1.00 e. The second kappa shape index (κ2) is 19.4. The number of halogens is 2. The molecule has 292 valence electrons. The summed E-state index contributed by atoms with van der Waals surface area (Å²) in [5, 5.41) is 0. The van der Waals surface area contributed by atoms with Crippen LogP contribution < -0.4 is 52.9 Å². The van der Waals surface area contributed by atoms with Crippen LogP contribution in [0.2, 0.25) is 0 Å². The van der Waals surface area contributed by atoms with Gasteiger partial charge in [-0.15, -0.1) is 0 Å². The summed E-state index contributed by atoms with van der Waals surface area (Å²) in [6, 6.07) is 32.1. The van der Waals surface area contributed by atoms with Gasteiger partial charge in [0.15, 0.2) is 23.0 Å². The van der Waals surface area contributed by atoms with Crippen LogP contribution in [-0.2, 0) is 37.2 Å². The number of hydrogen-bond donors (Lipinski definition) is 0. The fourth-order valence-corrected chi connectivity index (χ4v) is 7.41. The molecule has 8 nitrogen and oxygen atoms in total. The van der Waals surface area contributed by atoms with Gasteiger partial charge in [-0.3, -0.25) is 0 Å². The van der Waals surface area contributed by atoms with Crippen molar-refractivity contribution < 1.29 is 78.9 Å². The van der Waals surface area contributed by atoms with Crippen molar-refractivity contribution in [3.63, 3.8) is 0 Å². The Morgan fingerprint density at radius 2 is 0.722 bits per heavy atom. The van der Waals surface area contributed by atoms with Gasteiger partial charge in [-0.25, -0.2) is 9.98 Å². The third-order valence-electron chi connectivity index (χ3n) is 9.86. The molecule has 0 radical (unpaired) electrons. The van der Waals surface area contributed by atoms with Crippen molar-refractivity contribution in [2.45, 2.75) is 70.2 Å². The zero-order valence-electron chi connectivity index (χ0n) is 32.1. The number of ether oxygens (including phenoxy) is 6. The summed E-state index contributed by atoms with van der Waals surface area (Å²) in [5.41, 5.74) is 2.23. The van der Waals surface area contributed by atoms with Crippen LogP contribution in [0, 0.1) is 11.8 Å². The molecule has 4 aromatic rings. The second-order valence-electron chi connectivity index (χ2n) is 14.1. The molecule has 2 aliphatic heterocycles. The number of aliphatic imine (C=N–C) groups is 2. The molecule has 0 aromatic heterocycles. The van der Waals surface area contributed by atoms with Gasteiger partial charge >= 0.3 is 16.5 Å². The Morgan fingerprint density at radius 1 is 0.481 bits per heavy atom. The van der Waals surface area contributed by atoms with Gasteiger partial charge in [0.1, 0.15) is 35.1 Å². The summed E-state index contributed by atoms with van der Waals surface area (Å²) in [6.45, 7) is 8.89. The molecule has 2 aliphatic rings. The Balaban J connectivity index is 0.00000261. The zero-order valence-corrected chi connectivity index (χ0v) is 36.2. The van der Waals surface area contributed by atoms with Crippen LogP contribution in [0.1, 0.15) is 69.2 Å². The predicted octanol–water partition coefficient (Wildman–Crippen LogP) is 2.99. The summed E-state index contributed by atoms with van der Waals surface area (Å²) in [7, 11) is 6.71. The number of benzene rings is 4. The van der Waals surface area contributed by atoms with Gasteiger partial charge in [0.2, 0.25) is 0 Å². The molecule has 0 amide bonds. The second-order valence-corrected chi connectivity index (χ2v) is 14.1. The molecular formula is C43H50Br2N2NiO6. The molecule has 11 heteroatoms. The minimum atomic E-state index is -0.877. The molecule has 2 atom stereocenters. The average molecular weight is 909 g/mol. The van der Waals surface area contributed by atoms with Gasteiger partial charge in [0.05, 0.1) is 34.9 Å². The molecular weight excluding hydrogens is 859 g/mol. The van der Waals surface area contributed by atoms with Gasteiger partial charge in [0.25, 0.3) is 0 Å². The molecule has 4 aromatic carbocycles. The Morgan fingerprint density at radius 3 is 0.926 bits per heavy atom. The monoisotopic (exact) mass is 906 g/mol. The minimum absolute atomic E-state index is 0. The summed E-state index contributed by atoms with van der Waals surface area (Å²) in [4.78, 5) is 10.7. The number of rotatable bonds is 14. The van der Waals surface area contributed by atoms with E-state index < -0.39 is 11.2 Å². The maximum atomic E-state index is 7.17. The van der Waals surface area contributed by atoms with Gasteiger partial charge in [0, 0.05) is 22.3 Å². The first-order valence-corrected chi connectivity index (χ1v) is 17.7. The predicted molar refractivity (Wildman–Crippen MR) is 202 cm³/mol. The topological polar surface area (TPSA) is 80.1 Å². The summed E-state index contributed by atoms with van der Waals surface area (Å²) in [6.07, 6.45) is 1.93. The average Bonchev–Trinajstić information content (AvgIpc) is 3.69. The molecule has 6 rings (SSSR count). The van der Waals surface area contributed by atoms with Crippen molar-refractivity contribution in [2.24, 2.45) is 21.8 Å². The van der Waals surface area contributed by atoms with E-state index in [4.69, 9.17) is 38.4 Å². The Kier molecular flexibility index (Phi) is 16.1.